The van der Waals surface area contributed by atoms with Gasteiger partial charge in [-0.2, -0.15) is 5.10 Å². The monoisotopic (exact) mass is 268 g/mol. The number of carboxylic acid groups (broad SMARTS) is 1. The zero-order valence-corrected chi connectivity index (χ0v) is 11.5. The maximum atomic E-state index is 11.9. The summed E-state index contributed by atoms with van der Waals surface area (Å²) in [6.45, 7) is 4.38. The number of nitrogens with one attached hydrogen (secondary N) is 1. The van der Waals surface area contributed by atoms with Crippen LogP contribution in [-0.4, -0.2) is 44.9 Å². The Balaban J connectivity index is 2.47. The van der Waals surface area contributed by atoms with Crippen molar-refractivity contribution in [3.05, 3.63) is 18.0 Å². The van der Waals surface area contributed by atoms with Gasteiger partial charge in [0.05, 0.1) is 18.2 Å². The largest absolute Gasteiger partial charge is 0.481 e. The zero-order chi connectivity index (χ0) is 14.4. The van der Waals surface area contributed by atoms with Gasteiger partial charge in [0.15, 0.2) is 0 Å². The number of amides is 2. The van der Waals surface area contributed by atoms with Crippen molar-refractivity contribution in [2.24, 2.45) is 13.0 Å². The van der Waals surface area contributed by atoms with Crippen molar-refractivity contribution in [1.82, 2.24) is 20.0 Å². The third-order valence-electron chi connectivity index (χ3n) is 2.77. The highest BCUT2D eigenvalue weighted by Crippen LogP contribution is 2.01. The summed E-state index contributed by atoms with van der Waals surface area (Å²) in [5, 5.41) is 15.7. The van der Waals surface area contributed by atoms with Gasteiger partial charge in [0.2, 0.25) is 0 Å². The second-order valence-corrected chi connectivity index (χ2v) is 4.42. The Labute approximate surface area is 112 Å². The molecule has 1 rings (SSSR count). The van der Waals surface area contributed by atoms with Crippen molar-refractivity contribution in [1.29, 1.82) is 0 Å². The van der Waals surface area contributed by atoms with Gasteiger partial charge in [-0.3, -0.25) is 9.48 Å². The molecule has 0 spiro atoms. The molecule has 1 atom stereocenters. The summed E-state index contributed by atoms with van der Waals surface area (Å²) in [6.07, 6.45) is 1.80. The van der Waals surface area contributed by atoms with Gasteiger partial charge in [-0.15, -0.1) is 0 Å². The standard InChI is InChI=1S/C12H20N4O3/c1-4-16(8-9(2)11(17)18)12(19)13-7-10-5-6-15(3)14-10/h5-6,9H,4,7-8H2,1-3H3,(H,13,19)(H,17,18). The van der Waals surface area contributed by atoms with Crippen LogP contribution in [-0.2, 0) is 18.4 Å². The number of carbonyl (C=O) groups excluding carboxylic acids is 1. The van der Waals surface area contributed by atoms with Gasteiger partial charge in [-0.05, 0) is 13.0 Å². The molecule has 0 saturated heterocycles. The van der Waals surface area contributed by atoms with Crippen LogP contribution >= 0.6 is 0 Å². The molecule has 0 fully saturated rings. The molecule has 2 N–H and O–H groups in total. The SMILES string of the molecule is CCN(CC(C)C(=O)O)C(=O)NCc1ccn(C)n1. The second kappa shape index (κ2) is 6.77. The van der Waals surface area contributed by atoms with E-state index in [9.17, 15) is 9.59 Å². The van der Waals surface area contributed by atoms with E-state index in [0.717, 1.165) is 5.69 Å². The summed E-state index contributed by atoms with van der Waals surface area (Å²) in [7, 11) is 1.80. The first-order valence-electron chi connectivity index (χ1n) is 6.18. The van der Waals surface area contributed by atoms with Gasteiger partial charge < -0.3 is 15.3 Å². The highest BCUT2D eigenvalue weighted by atomic mass is 16.4. The lowest BCUT2D eigenvalue weighted by Crippen LogP contribution is -2.43. The number of aryl methyl sites for hydroxylation is 1. The lowest BCUT2D eigenvalue weighted by Gasteiger charge is -2.23. The maximum Gasteiger partial charge on any atom is 0.317 e. The van der Waals surface area contributed by atoms with E-state index < -0.39 is 11.9 Å². The number of nitrogens with zero attached hydrogens (tertiary/aromatic N) is 3. The molecule has 0 aliphatic carbocycles. The van der Waals surface area contributed by atoms with E-state index in [1.54, 1.807) is 24.9 Å². The highest BCUT2D eigenvalue weighted by molar-refractivity contribution is 5.75. The summed E-state index contributed by atoms with van der Waals surface area (Å²) in [5.74, 6) is -1.49. The molecule has 19 heavy (non-hydrogen) atoms. The van der Waals surface area contributed by atoms with E-state index >= 15 is 0 Å². The van der Waals surface area contributed by atoms with E-state index in [1.165, 1.54) is 4.90 Å². The molecule has 0 aliphatic rings. The normalized spacial score (nSPS) is 11.9. The minimum absolute atomic E-state index is 0.194. The number of aromatic nitrogens is 2. The van der Waals surface area contributed by atoms with Crippen molar-refractivity contribution >= 4 is 12.0 Å². The average molecular weight is 268 g/mol. The summed E-state index contributed by atoms with van der Waals surface area (Å²) < 4.78 is 1.66. The fourth-order valence-corrected chi connectivity index (χ4v) is 1.60. The number of rotatable bonds is 6. The van der Waals surface area contributed by atoms with Crippen LogP contribution in [0.5, 0.6) is 0 Å². The van der Waals surface area contributed by atoms with Gasteiger partial charge in [0.25, 0.3) is 0 Å². The van der Waals surface area contributed by atoms with Crippen LogP contribution in [0.2, 0.25) is 0 Å². The molecule has 0 saturated carbocycles. The Morgan fingerprint density at radius 1 is 1.58 bits per heavy atom. The van der Waals surface area contributed by atoms with Crippen LogP contribution < -0.4 is 5.32 Å². The van der Waals surface area contributed by atoms with Gasteiger partial charge >= 0.3 is 12.0 Å². The summed E-state index contributed by atoms with van der Waals surface area (Å²) in [5.41, 5.74) is 0.762. The Morgan fingerprint density at radius 3 is 2.74 bits per heavy atom. The predicted octanol–water partition coefficient (Wildman–Crippen LogP) is 0.672. The smallest absolute Gasteiger partial charge is 0.317 e. The first-order valence-corrected chi connectivity index (χ1v) is 6.18. The molecule has 7 heteroatoms. The van der Waals surface area contributed by atoms with Gasteiger partial charge in [0.1, 0.15) is 0 Å². The number of carboxylic acids is 1. The molecule has 0 aliphatic heterocycles. The molecule has 1 heterocycles. The Morgan fingerprint density at radius 2 is 2.26 bits per heavy atom. The molecule has 106 valence electrons. The summed E-state index contributed by atoms with van der Waals surface area (Å²) in [6, 6.07) is 1.54. The van der Waals surface area contributed by atoms with Gasteiger partial charge in [-0.25, -0.2) is 4.79 Å². The molecule has 0 radical (unpaired) electrons. The van der Waals surface area contributed by atoms with E-state index in [0.29, 0.717) is 13.1 Å². The molecular formula is C12H20N4O3. The molecule has 1 unspecified atom stereocenters. The number of carbonyl (C=O) groups is 2. The Kier molecular flexibility index (Phi) is 5.35. The van der Waals surface area contributed by atoms with Crippen LogP contribution in [0.15, 0.2) is 12.3 Å². The van der Waals surface area contributed by atoms with Crippen LogP contribution in [0.4, 0.5) is 4.79 Å². The van der Waals surface area contributed by atoms with Crippen LogP contribution in [0.3, 0.4) is 0 Å². The van der Waals surface area contributed by atoms with Crippen LogP contribution in [0, 0.1) is 5.92 Å². The van der Waals surface area contributed by atoms with E-state index in [1.807, 2.05) is 13.0 Å². The fourth-order valence-electron chi connectivity index (χ4n) is 1.60. The van der Waals surface area contributed by atoms with Crippen molar-refractivity contribution in [3.63, 3.8) is 0 Å². The minimum atomic E-state index is -0.907. The molecule has 2 amide bonds. The van der Waals surface area contributed by atoms with Crippen molar-refractivity contribution in [3.8, 4) is 0 Å². The van der Waals surface area contributed by atoms with Crippen LogP contribution in [0.1, 0.15) is 19.5 Å². The maximum absolute atomic E-state index is 11.9. The lowest BCUT2D eigenvalue weighted by molar-refractivity contribution is -0.141. The molecule has 1 aromatic heterocycles. The topological polar surface area (TPSA) is 87.5 Å². The average Bonchev–Trinajstić information content (AvgIpc) is 2.78. The first-order chi connectivity index (χ1) is 8.93. The number of urea groups is 1. The van der Waals surface area contributed by atoms with E-state index in [4.69, 9.17) is 5.11 Å². The third kappa shape index (κ3) is 4.61. The first kappa shape index (κ1) is 15.0. The Bertz CT molecular complexity index is 444. The molecular weight excluding hydrogens is 248 g/mol. The quantitative estimate of drug-likeness (QED) is 0.794. The fraction of sp³-hybridized carbons (Fsp3) is 0.583. The molecule has 1 aromatic rings. The minimum Gasteiger partial charge on any atom is -0.481 e. The third-order valence-corrected chi connectivity index (χ3v) is 2.77. The number of aliphatic carboxylic acids is 1. The van der Waals surface area contributed by atoms with Crippen LogP contribution in [0.25, 0.3) is 0 Å². The van der Waals surface area contributed by atoms with Gasteiger partial charge in [-0.1, -0.05) is 6.92 Å². The van der Waals surface area contributed by atoms with Crippen molar-refractivity contribution < 1.29 is 14.7 Å². The van der Waals surface area contributed by atoms with E-state index in [-0.39, 0.29) is 12.6 Å². The summed E-state index contributed by atoms with van der Waals surface area (Å²) in [4.78, 5) is 24.2. The highest BCUT2D eigenvalue weighted by Gasteiger charge is 2.19. The van der Waals surface area contributed by atoms with Crippen molar-refractivity contribution in [2.45, 2.75) is 20.4 Å². The lowest BCUT2D eigenvalue weighted by atomic mass is 10.2. The molecule has 7 nitrogen and oxygen atoms in total. The van der Waals surface area contributed by atoms with Crippen molar-refractivity contribution in [2.75, 3.05) is 13.1 Å². The summed E-state index contributed by atoms with van der Waals surface area (Å²) >= 11 is 0. The second-order valence-electron chi connectivity index (χ2n) is 4.42. The zero-order valence-electron chi connectivity index (χ0n) is 11.5. The number of hydrogen-bond acceptors (Lipinski definition) is 3. The molecule has 0 bridgehead atoms. The Hall–Kier alpha value is -2.05. The predicted molar refractivity (Wildman–Crippen MR) is 69.5 cm³/mol. The van der Waals surface area contributed by atoms with Gasteiger partial charge in [0, 0.05) is 26.3 Å². The number of hydrogen-bond donors (Lipinski definition) is 2. The molecule has 0 aromatic carbocycles. The van der Waals surface area contributed by atoms with E-state index in [2.05, 4.69) is 10.4 Å².